The molecule has 1 aromatic carbocycles. The van der Waals surface area contributed by atoms with Crippen LogP contribution in [0.2, 0.25) is 0 Å². The first kappa shape index (κ1) is 12.9. The summed E-state index contributed by atoms with van der Waals surface area (Å²) in [5.74, 6) is -0.127. The first-order valence-electron chi connectivity index (χ1n) is 5.60. The topological polar surface area (TPSA) is 47.0 Å². The predicted molar refractivity (Wildman–Crippen MR) is 68.4 cm³/mol. The molecular weight excluding hydrogens is 253 g/mol. The molecule has 0 radical (unpaired) electrons. The van der Waals surface area contributed by atoms with Crippen LogP contribution in [0.3, 0.4) is 0 Å². The first-order chi connectivity index (χ1) is 8.77. The van der Waals surface area contributed by atoms with Gasteiger partial charge >= 0.3 is 0 Å². The maximum atomic E-state index is 14.2. The number of nitrogens with one attached hydrogen (secondary N) is 1. The summed E-state index contributed by atoms with van der Waals surface area (Å²) in [5.41, 5.74) is 1.23. The third kappa shape index (κ3) is 2.49. The summed E-state index contributed by atoms with van der Waals surface area (Å²) in [7, 11) is 1.45. The van der Waals surface area contributed by atoms with Crippen molar-refractivity contribution in [1.82, 2.24) is 14.9 Å². The Bertz CT molecular complexity index is 504. The molecule has 1 N–H and O–H groups in total. The van der Waals surface area contributed by atoms with Crippen LogP contribution in [0.4, 0.5) is 4.39 Å². The molecule has 0 saturated heterocycles. The molecule has 1 unspecified atom stereocenters. The van der Waals surface area contributed by atoms with Gasteiger partial charge in [-0.25, -0.2) is 4.39 Å². The van der Waals surface area contributed by atoms with Crippen LogP contribution < -0.4 is 10.1 Å². The number of rotatable bonds is 5. The van der Waals surface area contributed by atoms with Crippen molar-refractivity contribution in [3.63, 3.8) is 0 Å². The van der Waals surface area contributed by atoms with E-state index in [1.165, 1.54) is 18.6 Å². The van der Waals surface area contributed by atoms with E-state index >= 15 is 0 Å². The van der Waals surface area contributed by atoms with Crippen LogP contribution >= 0.6 is 11.5 Å². The Hall–Kier alpha value is -1.53. The Labute approximate surface area is 109 Å². The number of ether oxygens (including phenoxy) is 1. The highest BCUT2D eigenvalue weighted by molar-refractivity contribution is 7.03. The van der Waals surface area contributed by atoms with Gasteiger partial charge in [-0.2, -0.15) is 0 Å². The summed E-state index contributed by atoms with van der Waals surface area (Å²) < 4.78 is 23.0. The molecule has 1 aromatic heterocycles. The maximum absolute atomic E-state index is 14.2. The third-order valence-electron chi connectivity index (χ3n) is 2.60. The van der Waals surface area contributed by atoms with Gasteiger partial charge in [-0.15, -0.1) is 5.10 Å². The third-order valence-corrected chi connectivity index (χ3v) is 3.13. The van der Waals surface area contributed by atoms with Crippen molar-refractivity contribution < 1.29 is 9.13 Å². The summed E-state index contributed by atoms with van der Waals surface area (Å²) in [5, 5.41) is 9.02. The number of halogens is 1. The SMILES string of the molecule is CCNC(c1csnn1)c1cccc(OC)c1F. The van der Waals surface area contributed by atoms with E-state index in [-0.39, 0.29) is 17.6 Å². The fraction of sp³-hybridized carbons (Fsp3) is 0.333. The lowest BCUT2D eigenvalue weighted by Crippen LogP contribution is -2.23. The van der Waals surface area contributed by atoms with Crippen molar-refractivity contribution >= 4 is 11.5 Å². The van der Waals surface area contributed by atoms with E-state index in [0.717, 1.165) is 0 Å². The molecule has 2 aromatic rings. The summed E-state index contributed by atoms with van der Waals surface area (Å²) in [6.45, 7) is 2.67. The van der Waals surface area contributed by atoms with E-state index in [1.807, 2.05) is 12.3 Å². The van der Waals surface area contributed by atoms with Crippen LogP contribution in [-0.4, -0.2) is 23.2 Å². The molecule has 96 valence electrons. The van der Waals surface area contributed by atoms with Crippen LogP contribution in [-0.2, 0) is 0 Å². The van der Waals surface area contributed by atoms with Gasteiger partial charge in [0, 0.05) is 10.9 Å². The van der Waals surface area contributed by atoms with Crippen LogP contribution in [0.5, 0.6) is 5.75 Å². The zero-order valence-corrected chi connectivity index (χ0v) is 11.0. The van der Waals surface area contributed by atoms with Gasteiger partial charge in [0.15, 0.2) is 11.6 Å². The minimum atomic E-state index is -0.362. The number of nitrogens with zero attached hydrogens (tertiary/aromatic N) is 2. The van der Waals surface area contributed by atoms with Crippen LogP contribution in [0.1, 0.15) is 24.2 Å². The normalized spacial score (nSPS) is 12.4. The molecule has 0 aliphatic carbocycles. The largest absolute Gasteiger partial charge is 0.494 e. The smallest absolute Gasteiger partial charge is 0.170 e. The van der Waals surface area contributed by atoms with E-state index in [0.29, 0.717) is 17.8 Å². The molecule has 0 amide bonds. The molecule has 0 aliphatic heterocycles. The van der Waals surface area contributed by atoms with Gasteiger partial charge in [-0.1, -0.05) is 23.5 Å². The highest BCUT2D eigenvalue weighted by Crippen LogP contribution is 2.28. The van der Waals surface area contributed by atoms with Crippen LogP contribution in [0, 0.1) is 5.82 Å². The summed E-state index contributed by atoms with van der Waals surface area (Å²) >= 11 is 1.25. The summed E-state index contributed by atoms with van der Waals surface area (Å²) in [6, 6.07) is 4.79. The van der Waals surface area contributed by atoms with Gasteiger partial charge in [-0.05, 0) is 24.1 Å². The second-order valence-corrected chi connectivity index (χ2v) is 4.29. The minimum Gasteiger partial charge on any atom is -0.494 e. The molecule has 2 rings (SSSR count). The van der Waals surface area contributed by atoms with Crippen molar-refractivity contribution in [2.24, 2.45) is 0 Å². The highest BCUT2D eigenvalue weighted by atomic mass is 32.1. The molecule has 0 aliphatic rings. The Morgan fingerprint density at radius 1 is 1.50 bits per heavy atom. The van der Waals surface area contributed by atoms with E-state index < -0.39 is 0 Å². The molecule has 18 heavy (non-hydrogen) atoms. The first-order valence-corrected chi connectivity index (χ1v) is 6.44. The molecular formula is C12H14FN3OS. The number of benzene rings is 1. The van der Waals surface area contributed by atoms with Gasteiger partial charge in [0.25, 0.3) is 0 Å². The summed E-state index contributed by atoms with van der Waals surface area (Å²) in [6.07, 6.45) is 0. The second kappa shape index (κ2) is 5.88. The van der Waals surface area contributed by atoms with Crippen LogP contribution in [0.25, 0.3) is 0 Å². The lowest BCUT2D eigenvalue weighted by molar-refractivity contribution is 0.381. The van der Waals surface area contributed by atoms with Crippen molar-refractivity contribution in [2.75, 3.05) is 13.7 Å². The Balaban J connectivity index is 2.43. The lowest BCUT2D eigenvalue weighted by Gasteiger charge is -2.17. The number of methoxy groups -OCH3 is 1. The lowest BCUT2D eigenvalue weighted by atomic mass is 10.0. The number of hydrogen-bond donors (Lipinski definition) is 1. The van der Waals surface area contributed by atoms with Crippen LogP contribution in [0.15, 0.2) is 23.6 Å². The molecule has 0 saturated carbocycles. The van der Waals surface area contributed by atoms with Crippen molar-refractivity contribution in [2.45, 2.75) is 13.0 Å². The molecule has 1 heterocycles. The molecule has 0 spiro atoms. The van der Waals surface area contributed by atoms with Gasteiger partial charge < -0.3 is 10.1 Å². The van der Waals surface area contributed by atoms with Gasteiger partial charge in [0.05, 0.1) is 18.8 Å². The minimum absolute atomic E-state index is 0.235. The fourth-order valence-electron chi connectivity index (χ4n) is 1.78. The molecule has 6 heteroatoms. The van der Waals surface area contributed by atoms with Crippen molar-refractivity contribution in [3.05, 3.63) is 40.7 Å². The van der Waals surface area contributed by atoms with Gasteiger partial charge in [-0.3, -0.25) is 0 Å². The molecule has 1 atom stereocenters. The average Bonchev–Trinajstić information content (AvgIpc) is 2.90. The van der Waals surface area contributed by atoms with E-state index in [9.17, 15) is 4.39 Å². The Morgan fingerprint density at radius 2 is 2.33 bits per heavy atom. The maximum Gasteiger partial charge on any atom is 0.170 e. The fourth-order valence-corrected chi connectivity index (χ4v) is 2.26. The standard InChI is InChI=1S/C12H14FN3OS/c1-3-14-12(9-7-18-16-15-9)8-5-4-6-10(17-2)11(8)13/h4-7,12,14H,3H2,1-2H3. The molecule has 0 bridgehead atoms. The molecule has 0 fully saturated rings. The molecule has 4 nitrogen and oxygen atoms in total. The average molecular weight is 267 g/mol. The van der Waals surface area contributed by atoms with E-state index in [4.69, 9.17) is 4.74 Å². The number of hydrogen-bond acceptors (Lipinski definition) is 5. The predicted octanol–water partition coefficient (Wildman–Crippen LogP) is 2.38. The summed E-state index contributed by atoms with van der Waals surface area (Å²) in [4.78, 5) is 0. The quantitative estimate of drug-likeness (QED) is 0.903. The number of aromatic nitrogens is 2. The van der Waals surface area contributed by atoms with Crippen molar-refractivity contribution in [1.29, 1.82) is 0 Å². The Kier molecular flexibility index (Phi) is 4.22. The van der Waals surface area contributed by atoms with Gasteiger partial charge in [0.1, 0.15) is 0 Å². The zero-order chi connectivity index (χ0) is 13.0. The Morgan fingerprint density at radius 3 is 2.94 bits per heavy atom. The van der Waals surface area contributed by atoms with Crippen molar-refractivity contribution in [3.8, 4) is 5.75 Å². The van der Waals surface area contributed by atoms with E-state index in [1.54, 1.807) is 18.2 Å². The highest BCUT2D eigenvalue weighted by Gasteiger charge is 2.21. The monoisotopic (exact) mass is 267 g/mol. The van der Waals surface area contributed by atoms with E-state index in [2.05, 4.69) is 14.9 Å². The van der Waals surface area contributed by atoms with Gasteiger partial charge in [0.2, 0.25) is 0 Å². The second-order valence-electron chi connectivity index (χ2n) is 3.68. The zero-order valence-electron chi connectivity index (χ0n) is 10.2.